The molecule has 2 aromatic rings. The van der Waals surface area contributed by atoms with Crippen molar-refractivity contribution in [2.75, 3.05) is 13.7 Å². The van der Waals surface area contributed by atoms with E-state index in [1.807, 2.05) is 20.0 Å². The zero-order chi connectivity index (χ0) is 13.5. The summed E-state index contributed by atoms with van der Waals surface area (Å²) in [6.45, 7) is 2.77. The summed E-state index contributed by atoms with van der Waals surface area (Å²) in [6.07, 6.45) is 1.09. The number of hydrogen-bond acceptors (Lipinski definition) is 3. The second-order valence-electron chi connectivity index (χ2n) is 4.47. The highest BCUT2D eigenvalue weighted by atomic mass is 32.1. The van der Waals surface area contributed by atoms with E-state index in [0.29, 0.717) is 6.04 Å². The van der Waals surface area contributed by atoms with E-state index in [0.717, 1.165) is 13.0 Å². The van der Waals surface area contributed by atoms with Crippen molar-refractivity contribution in [3.63, 3.8) is 0 Å². The minimum Gasteiger partial charge on any atom is -0.372 e. The van der Waals surface area contributed by atoms with E-state index >= 15 is 0 Å². The van der Waals surface area contributed by atoms with Crippen molar-refractivity contribution in [1.29, 1.82) is 0 Å². The summed E-state index contributed by atoms with van der Waals surface area (Å²) >= 11 is 1.80. The first-order valence-corrected chi connectivity index (χ1v) is 7.59. The number of likely N-dealkylation sites (N-methyl/N-ethyl adjacent to an activating group) is 1. The molecule has 2 rings (SSSR count). The van der Waals surface area contributed by atoms with E-state index in [-0.39, 0.29) is 6.10 Å². The van der Waals surface area contributed by atoms with E-state index in [1.54, 1.807) is 11.3 Å². The average molecular weight is 275 g/mol. The van der Waals surface area contributed by atoms with Crippen molar-refractivity contribution >= 4 is 11.3 Å². The first-order valence-electron chi connectivity index (χ1n) is 6.71. The van der Waals surface area contributed by atoms with Crippen LogP contribution in [-0.4, -0.2) is 19.7 Å². The summed E-state index contributed by atoms with van der Waals surface area (Å²) < 4.78 is 5.97. The predicted molar refractivity (Wildman–Crippen MR) is 81.7 cm³/mol. The number of nitrogens with one attached hydrogen (secondary N) is 1. The molecule has 0 radical (unpaired) electrons. The smallest absolute Gasteiger partial charge is 0.0981 e. The van der Waals surface area contributed by atoms with Gasteiger partial charge in [0.05, 0.1) is 6.10 Å². The number of hydrogen-bond donors (Lipinski definition) is 1. The standard InChI is InChI=1S/C16H21NOS/c1-3-18-16(13-8-5-4-6-9-13)15(17-2)12-14-10-7-11-19-14/h4-11,15-17H,3,12H2,1-2H3. The summed E-state index contributed by atoms with van der Waals surface area (Å²) in [5, 5.41) is 5.53. The molecule has 0 fully saturated rings. The highest BCUT2D eigenvalue weighted by Crippen LogP contribution is 2.25. The van der Waals surface area contributed by atoms with Crippen molar-refractivity contribution in [2.45, 2.75) is 25.5 Å². The summed E-state index contributed by atoms with van der Waals surface area (Å²) in [4.78, 5) is 1.39. The maximum atomic E-state index is 5.97. The molecule has 2 atom stereocenters. The molecule has 1 heterocycles. The molecule has 0 spiro atoms. The van der Waals surface area contributed by atoms with Crippen molar-refractivity contribution in [3.8, 4) is 0 Å². The molecule has 0 bridgehead atoms. The van der Waals surface area contributed by atoms with Crippen molar-refractivity contribution in [2.24, 2.45) is 0 Å². The second kappa shape index (κ2) is 7.43. The van der Waals surface area contributed by atoms with Gasteiger partial charge in [0.2, 0.25) is 0 Å². The van der Waals surface area contributed by atoms with Crippen LogP contribution in [-0.2, 0) is 11.2 Å². The van der Waals surface area contributed by atoms with Gasteiger partial charge >= 0.3 is 0 Å². The van der Waals surface area contributed by atoms with Gasteiger partial charge in [-0.25, -0.2) is 0 Å². The highest BCUT2D eigenvalue weighted by Gasteiger charge is 2.22. The summed E-state index contributed by atoms with van der Waals surface area (Å²) in [6, 6.07) is 15.0. The van der Waals surface area contributed by atoms with Gasteiger partial charge in [0, 0.05) is 17.5 Å². The average Bonchev–Trinajstić information content (AvgIpc) is 2.96. The van der Waals surface area contributed by atoms with Crippen LogP contribution in [0, 0.1) is 0 Å². The van der Waals surface area contributed by atoms with E-state index in [4.69, 9.17) is 4.74 Å². The fourth-order valence-corrected chi connectivity index (χ4v) is 3.04. The largest absolute Gasteiger partial charge is 0.372 e. The van der Waals surface area contributed by atoms with Crippen LogP contribution in [0.3, 0.4) is 0 Å². The molecule has 0 aliphatic carbocycles. The van der Waals surface area contributed by atoms with Gasteiger partial charge in [-0.2, -0.15) is 0 Å². The van der Waals surface area contributed by atoms with Crippen molar-refractivity contribution in [3.05, 3.63) is 58.3 Å². The van der Waals surface area contributed by atoms with Crippen LogP contribution in [0.1, 0.15) is 23.5 Å². The van der Waals surface area contributed by atoms with E-state index in [1.165, 1.54) is 10.4 Å². The van der Waals surface area contributed by atoms with E-state index in [9.17, 15) is 0 Å². The van der Waals surface area contributed by atoms with E-state index in [2.05, 4.69) is 47.1 Å². The highest BCUT2D eigenvalue weighted by molar-refractivity contribution is 7.09. The third-order valence-corrected chi connectivity index (χ3v) is 4.11. The van der Waals surface area contributed by atoms with Gasteiger partial charge in [-0.1, -0.05) is 36.4 Å². The Kier molecular flexibility index (Phi) is 5.58. The molecule has 0 saturated heterocycles. The van der Waals surface area contributed by atoms with Crippen LogP contribution in [0.15, 0.2) is 47.8 Å². The zero-order valence-electron chi connectivity index (χ0n) is 11.5. The van der Waals surface area contributed by atoms with Crippen LogP contribution in [0.25, 0.3) is 0 Å². The van der Waals surface area contributed by atoms with Gasteiger partial charge in [-0.05, 0) is 37.4 Å². The lowest BCUT2D eigenvalue weighted by molar-refractivity contribution is 0.0354. The molecule has 2 unspecified atom stereocenters. The maximum absolute atomic E-state index is 5.97. The maximum Gasteiger partial charge on any atom is 0.0981 e. The number of thiophene rings is 1. The molecular weight excluding hydrogens is 254 g/mol. The fourth-order valence-electron chi connectivity index (χ4n) is 2.27. The first kappa shape index (κ1) is 14.3. The molecule has 0 saturated carbocycles. The molecule has 1 N–H and O–H groups in total. The molecule has 102 valence electrons. The minimum absolute atomic E-state index is 0.0956. The number of benzene rings is 1. The number of ether oxygens (including phenoxy) is 1. The Morgan fingerprint density at radius 2 is 1.95 bits per heavy atom. The Hall–Kier alpha value is -1.16. The molecule has 0 amide bonds. The molecule has 2 nitrogen and oxygen atoms in total. The molecule has 1 aromatic carbocycles. The van der Waals surface area contributed by atoms with Gasteiger partial charge in [0.25, 0.3) is 0 Å². The van der Waals surface area contributed by atoms with Crippen LogP contribution >= 0.6 is 11.3 Å². The van der Waals surface area contributed by atoms with Gasteiger partial charge in [0.1, 0.15) is 0 Å². The van der Waals surface area contributed by atoms with Crippen LogP contribution < -0.4 is 5.32 Å². The van der Waals surface area contributed by atoms with Crippen LogP contribution in [0.4, 0.5) is 0 Å². The Balaban J connectivity index is 2.16. The minimum atomic E-state index is 0.0956. The predicted octanol–water partition coefficient (Wildman–Crippen LogP) is 3.66. The Bertz CT molecular complexity index is 455. The quantitative estimate of drug-likeness (QED) is 0.832. The topological polar surface area (TPSA) is 21.3 Å². The molecule has 3 heteroatoms. The van der Waals surface area contributed by atoms with E-state index < -0.39 is 0 Å². The zero-order valence-corrected chi connectivity index (χ0v) is 12.3. The first-order chi connectivity index (χ1) is 9.35. The van der Waals surface area contributed by atoms with Crippen LogP contribution in [0.5, 0.6) is 0 Å². The molecule has 1 aromatic heterocycles. The lowest BCUT2D eigenvalue weighted by Crippen LogP contribution is -2.35. The lowest BCUT2D eigenvalue weighted by Gasteiger charge is -2.27. The fraction of sp³-hybridized carbons (Fsp3) is 0.375. The molecular formula is C16H21NOS. The Morgan fingerprint density at radius 1 is 1.16 bits per heavy atom. The lowest BCUT2D eigenvalue weighted by atomic mass is 9.99. The van der Waals surface area contributed by atoms with Crippen LogP contribution in [0.2, 0.25) is 0 Å². The SMILES string of the molecule is CCOC(c1ccccc1)C(Cc1cccs1)NC. The van der Waals surface area contributed by atoms with Crippen molar-refractivity contribution in [1.82, 2.24) is 5.32 Å². The van der Waals surface area contributed by atoms with Gasteiger partial charge < -0.3 is 10.1 Å². The Labute approximate surface area is 119 Å². The normalized spacial score (nSPS) is 14.2. The van der Waals surface area contributed by atoms with Gasteiger partial charge in [0.15, 0.2) is 0 Å². The van der Waals surface area contributed by atoms with Gasteiger partial charge in [-0.15, -0.1) is 11.3 Å². The third-order valence-electron chi connectivity index (χ3n) is 3.21. The molecule has 19 heavy (non-hydrogen) atoms. The van der Waals surface area contributed by atoms with Crippen molar-refractivity contribution < 1.29 is 4.74 Å². The molecule has 0 aliphatic heterocycles. The van der Waals surface area contributed by atoms with Gasteiger partial charge in [-0.3, -0.25) is 0 Å². The monoisotopic (exact) mass is 275 g/mol. The third kappa shape index (κ3) is 3.90. The Morgan fingerprint density at radius 3 is 2.53 bits per heavy atom. The second-order valence-corrected chi connectivity index (χ2v) is 5.50. The summed E-state index contributed by atoms with van der Waals surface area (Å²) in [7, 11) is 2.01. The molecule has 0 aliphatic rings. The summed E-state index contributed by atoms with van der Waals surface area (Å²) in [5.41, 5.74) is 1.24. The number of rotatable bonds is 7. The summed E-state index contributed by atoms with van der Waals surface area (Å²) in [5.74, 6) is 0.